The highest BCUT2D eigenvalue weighted by Gasteiger charge is 2.32. The standard InChI is InChI=1S/C27H31NO4/c1-27(2,3)26(29)32-17-8-9-18-19-11-16-7-6-10-28(16)15-23(19)22-14-25(31-5)24(30-4)13-21(22)20(18)12-17/h8-9,12-14,16H,6-7,10-11,15H2,1-5H3. The lowest BCUT2D eigenvalue weighted by atomic mass is 9.85. The number of hydrogen-bond acceptors (Lipinski definition) is 5. The summed E-state index contributed by atoms with van der Waals surface area (Å²) < 4.78 is 17.0. The molecule has 0 radical (unpaired) electrons. The summed E-state index contributed by atoms with van der Waals surface area (Å²) in [6.45, 7) is 7.73. The van der Waals surface area contributed by atoms with Gasteiger partial charge in [0.25, 0.3) is 0 Å². The molecular formula is C27H31NO4. The SMILES string of the molecule is COc1cc2c3c(c4ccc(OC(=O)C(C)(C)C)cc4c2cc1OC)CC1CCCN1C3. The Labute approximate surface area is 189 Å². The molecule has 1 fully saturated rings. The van der Waals surface area contributed by atoms with E-state index in [9.17, 15) is 4.79 Å². The molecule has 0 saturated carbocycles. The Morgan fingerprint density at radius 1 is 0.938 bits per heavy atom. The van der Waals surface area contributed by atoms with Gasteiger partial charge in [-0.15, -0.1) is 0 Å². The van der Waals surface area contributed by atoms with Crippen molar-refractivity contribution in [2.75, 3.05) is 20.8 Å². The van der Waals surface area contributed by atoms with E-state index in [1.165, 1.54) is 41.3 Å². The second-order valence-electron chi connectivity index (χ2n) is 10.0. The van der Waals surface area contributed by atoms with Crippen molar-refractivity contribution >= 4 is 27.5 Å². The van der Waals surface area contributed by atoms with E-state index in [4.69, 9.17) is 14.2 Å². The van der Waals surface area contributed by atoms with Crippen molar-refractivity contribution in [3.05, 3.63) is 41.5 Å². The molecule has 1 atom stereocenters. The molecule has 5 heteroatoms. The number of carbonyl (C=O) groups is 1. The highest BCUT2D eigenvalue weighted by molar-refractivity contribution is 6.12. The van der Waals surface area contributed by atoms with Crippen molar-refractivity contribution in [3.63, 3.8) is 0 Å². The third-order valence-corrected chi connectivity index (χ3v) is 6.94. The number of nitrogens with zero attached hydrogens (tertiary/aromatic N) is 1. The van der Waals surface area contributed by atoms with Crippen LogP contribution < -0.4 is 14.2 Å². The van der Waals surface area contributed by atoms with Gasteiger partial charge < -0.3 is 14.2 Å². The first-order valence-electron chi connectivity index (χ1n) is 11.4. The maximum absolute atomic E-state index is 12.5. The number of benzene rings is 3. The minimum atomic E-state index is -0.560. The summed E-state index contributed by atoms with van der Waals surface area (Å²) in [6, 6.07) is 10.8. The Bertz CT molecular complexity index is 1220. The summed E-state index contributed by atoms with van der Waals surface area (Å²) in [5, 5.41) is 4.62. The summed E-state index contributed by atoms with van der Waals surface area (Å²) in [5.41, 5.74) is 2.23. The van der Waals surface area contributed by atoms with Crippen molar-refractivity contribution in [1.29, 1.82) is 0 Å². The fraction of sp³-hybridized carbons (Fsp3) is 0.444. The molecule has 3 aromatic carbocycles. The number of rotatable bonds is 3. The highest BCUT2D eigenvalue weighted by Crippen LogP contribution is 2.44. The molecule has 0 N–H and O–H groups in total. The Balaban J connectivity index is 1.76. The van der Waals surface area contributed by atoms with Crippen LogP contribution in [0.25, 0.3) is 21.5 Å². The van der Waals surface area contributed by atoms with Gasteiger partial charge in [0.15, 0.2) is 11.5 Å². The number of esters is 1. The first kappa shape index (κ1) is 21.1. The van der Waals surface area contributed by atoms with Gasteiger partial charge in [-0.3, -0.25) is 9.69 Å². The topological polar surface area (TPSA) is 48.0 Å². The molecule has 3 aromatic rings. The van der Waals surface area contributed by atoms with E-state index in [0.29, 0.717) is 17.5 Å². The summed E-state index contributed by atoms with van der Waals surface area (Å²) in [6.07, 6.45) is 3.57. The molecule has 1 unspecified atom stereocenters. The quantitative estimate of drug-likeness (QED) is 0.311. The third-order valence-electron chi connectivity index (χ3n) is 6.94. The highest BCUT2D eigenvalue weighted by atomic mass is 16.5. The average molecular weight is 434 g/mol. The van der Waals surface area contributed by atoms with Crippen LogP contribution in [0.1, 0.15) is 44.7 Å². The molecule has 0 amide bonds. The largest absolute Gasteiger partial charge is 0.493 e. The molecule has 0 bridgehead atoms. The minimum Gasteiger partial charge on any atom is -0.493 e. The monoisotopic (exact) mass is 433 g/mol. The number of ether oxygens (including phenoxy) is 3. The molecule has 5 nitrogen and oxygen atoms in total. The Hall–Kier alpha value is -2.79. The van der Waals surface area contributed by atoms with Crippen LogP contribution in [0.15, 0.2) is 30.3 Å². The number of carbonyl (C=O) groups excluding carboxylic acids is 1. The molecule has 32 heavy (non-hydrogen) atoms. The van der Waals surface area contributed by atoms with Gasteiger partial charge in [-0.1, -0.05) is 6.07 Å². The van der Waals surface area contributed by atoms with Crippen molar-refractivity contribution < 1.29 is 19.0 Å². The molecule has 0 spiro atoms. The molecule has 0 aliphatic carbocycles. The minimum absolute atomic E-state index is 0.236. The van der Waals surface area contributed by atoms with E-state index in [1.807, 2.05) is 32.9 Å². The predicted molar refractivity (Wildman–Crippen MR) is 127 cm³/mol. The number of methoxy groups -OCH3 is 2. The fourth-order valence-electron chi connectivity index (χ4n) is 5.20. The lowest BCUT2D eigenvalue weighted by Gasteiger charge is -2.33. The van der Waals surface area contributed by atoms with E-state index in [-0.39, 0.29) is 5.97 Å². The third kappa shape index (κ3) is 3.39. The van der Waals surface area contributed by atoms with E-state index in [1.54, 1.807) is 14.2 Å². The number of fused-ring (bicyclic) bond motifs is 7. The first-order chi connectivity index (χ1) is 15.3. The zero-order valence-electron chi connectivity index (χ0n) is 19.6. The van der Waals surface area contributed by atoms with Crippen molar-refractivity contribution in [1.82, 2.24) is 4.90 Å². The van der Waals surface area contributed by atoms with Gasteiger partial charge in [0.05, 0.1) is 19.6 Å². The summed E-state index contributed by atoms with van der Waals surface area (Å²) in [7, 11) is 3.34. The van der Waals surface area contributed by atoms with Crippen LogP contribution in [0.4, 0.5) is 0 Å². The van der Waals surface area contributed by atoms with Crippen molar-refractivity contribution in [3.8, 4) is 17.2 Å². The Morgan fingerprint density at radius 2 is 1.62 bits per heavy atom. The molecule has 0 aromatic heterocycles. The molecule has 2 aliphatic rings. The smallest absolute Gasteiger partial charge is 0.316 e. The van der Waals surface area contributed by atoms with Gasteiger partial charge in [-0.2, -0.15) is 0 Å². The molecule has 168 valence electrons. The van der Waals surface area contributed by atoms with Crippen molar-refractivity contribution in [2.45, 2.75) is 52.6 Å². The number of hydrogen-bond donors (Lipinski definition) is 0. The molecule has 2 heterocycles. The predicted octanol–water partition coefficient (Wildman–Crippen LogP) is 5.48. The van der Waals surface area contributed by atoms with Crippen LogP contribution >= 0.6 is 0 Å². The second-order valence-corrected chi connectivity index (χ2v) is 10.0. The van der Waals surface area contributed by atoms with E-state index in [0.717, 1.165) is 29.5 Å². The van der Waals surface area contributed by atoms with Gasteiger partial charge in [-0.25, -0.2) is 0 Å². The molecule has 1 saturated heterocycles. The van der Waals surface area contributed by atoms with Crippen LogP contribution in [0.5, 0.6) is 17.2 Å². The fourth-order valence-corrected chi connectivity index (χ4v) is 5.20. The van der Waals surface area contributed by atoms with E-state index >= 15 is 0 Å². The molecule has 5 rings (SSSR count). The second kappa shape index (κ2) is 7.66. The summed E-state index contributed by atoms with van der Waals surface area (Å²) in [4.78, 5) is 15.1. The molecular weight excluding hydrogens is 402 g/mol. The Kier molecular flexibility index (Phi) is 5.05. The van der Waals surface area contributed by atoms with E-state index < -0.39 is 5.41 Å². The van der Waals surface area contributed by atoms with Crippen LogP contribution in [-0.2, 0) is 17.8 Å². The molecule has 2 aliphatic heterocycles. The lowest BCUT2D eigenvalue weighted by molar-refractivity contribution is -0.142. The Morgan fingerprint density at radius 3 is 2.31 bits per heavy atom. The van der Waals surface area contributed by atoms with Gasteiger partial charge in [0.1, 0.15) is 5.75 Å². The van der Waals surface area contributed by atoms with Crippen LogP contribution in [-0.4, -0.2) is 37.7 Å². The van der Waals surface area contributed by atoms with Gasteiger partial charge in [0.2, 0.25) is 0 Å². The van der Waals surface area contributed by atoms with Gasteiger partial charge in [-0.05, 0) is 104 Å². The summed E-state index contributed by atoms with van der Waals surface area (Å²) >= 11 is 0. The van der Waals surface area contributed by atoms with Gasteiger partial charge in [0, 0.05) is 12.6 Å². The van der Waals surface area contributed by atoms with Crippen LogP contribution in [0.2, 0.25) is 0 Å². The summed E-state index contributed by atoms with van der Waals surface area (Å²) in [5.74, 6) is 1.78. The zero-order chi connectivity index (χ0) is 22.6. The van der Waals surface area contributed by atoms with Crippen molar-refractivity contribution in [2.24, 2.45) is 5.41 Å². The first-order valence-corrected chi connectivity index (χ1v) is 11.4. The van der Waals surface area contributed by atoms with Crippen LogP contribution in [0.3, 0.4) is 0 Å². The lowest BCUT2D eigenvalue weighted by Crippen LogP contribution is -2.35. The van der Waals surface area contributed by atoms with E-state index in [2.05, 4.69) is 23.1 Å². The maximum Gasteiger partial charge on any atom is 0.316 e. The van der Waals surface area contributed by atoms with Crippen LogP contribution in [0, 0.1) is 5.41 Å². The van der Waals surface area contributed by atoms with Gasteiger partial charge >= 0.3 is 5.97 Å². The average Bonchev–Trinajstić information content (AvgIpc) is 3.24. The normalized spacial score (nSPS) is 18.5. The maximum atomic E-state index is 12.5. The zero-order valence-corrected chi connectivity index (χ0v) is 19.6.